The predicted molar refractivity (Wildman–Crippen MR) is 21.3 cm³/mol. The SMILES string of the molecule is CC(=O)[CH2][Co][Cl]. The second-order valence-corrected chi connectivity index (χ2v) is 2.29. The molecular weight excluding hydrogens is 146 g/mol. The van der Waals surface area contributed by atoms with Gasteiger partial charge in [0.2, 0.25) is 0 Å². The summed E-state index contributed by atoms with van der Waals surface area (Å²) in [5.74, 6) is 0.144. The number of carbonyl (C=O) groups excluding carboxylic acids is 1. The molecule has 0 bridgehead atoms. The van der Waals surface area contributed by atoms with Crippen LogP contribution in [-0.2, 0) is 18.6 Å². The molecule has 0 aromatic rings. The van der Waals surface area contributed by atoms with E-state index >= 15 is 0 Å². The van der Waals surface area contributed by atoms with Gasteiger partial charge in [0.1, 0.15) is 0 Å². The molecule has 0 aromatic carbocycles. The Balaban J connectivity index is 2.83. The molecule has 0 N–H and O–H groups in total. The summed E-state index contributed by atoms with van der Waals surface area (Å²) in [5.41, 5.74) is 0. The van der Waals surface area contributed by atoms with Gasteiger partial charge in [-0.1, -0.05) is 0 Å². The third-order valence-electron chi connectivity index (χ3n) is 0.211. The summed E-state index contributed by atoms with van der Waals surface area (Å²) in [6.45, 7) is 1.52. The van der Waals surface area contributed by atoms with Crippen molar-refractivity contribution in [3.05, 3.63) is 0 Å². The molecule has 1 nitrogen and oxygen atoms in total. The summed E-state index contributed by atoms with van der Waals surface area (Å²) >= 11 is 0.671. The summed E-state index contributed by atoms with van der Waals surface area (Å²) in [6.07, 6.45) is 0. The molecule has 39 valence electrons. The predicted octanol–water partition coefficient (Wildman–Crippen LogP) is 1.23. The van der Waals surface area contributed by atoms with Gasteiger partial charge in [-0.05, 0) is 0 Å². The van der Waals surface area contributed by atoms with E-state index in [1.807, 2.05) is 0 Å². The second-order valence-electron chi connectivity index (χ2n) is 0.909. The number of carbonyl (C=O) groups is 1. The fourth-order valence-corrected chi connectivity index (χ4v) is 0.776. The molecule has 0 saturated carbocycles. The molecule has 3 heteroatoms. The number of rotatable bonds is 2. The van der Waals surface area contributed by atoms with E-state index < -0.39 is 0 Å². The molecule has 0 amide bonds. The molecule has 0 aromatic heterocycles. The molecule has 0 aliphatic heterocycles. The topological polar surface area (TPSA) is 17.1 Å². The molecule has 6 heavy (non-hydrogen) atoms. The van der Waals surface area contributed by atoms with Crippen molar-refractivity contribution in [3.63, 3.8) is 0 Å². The van der Waals surface area contributed by atoms with Gasteiger partial charge in [0.25, 0.3) is 0 Å². The van der Waals surface area contributed by atoms with Gasteiger partial charge < -0.3 is 0 Å². The number of ketones is 1. The van der Waals surface area contributed by atoms with Crippen molar-refractivity contribution < 1.29 is 18.6 Å². The standard InChI is InChI=1S/C3H5O.ClH.Co/c1-3(2)4;;/h1H2,2H3;1H;/q;;+1/p-1. The van der Waals surface area contributed by atoms with Gasteiger partial charge in [0.15, 0.2) is 0 Å². The van der Waals surface area contributed by atoms with Crippen LogP contribution in [0.4, 0.5) is 0 Å². The normalized spacial score (nSPS) is 9.00. The Morgan fingerprint density at radius 1 is 2.00 bits per heavy atom. The third kappa shape index (κ3) is 4.47. The molecule has 0 heterocycles. The van der Waals surface area contributed by atoms with Gasteiger partial charge in [-0.25, -0.2) is 0 Å². The van der Waals surface area contributed by atoms with Crippen LogP contribution in [0.2, 0.25) is 5.36 Å². The maximum atomic E-state index is 9.95. The summed E-state index contributed by atoms with van der Waals surface area (Å²) < 4.78 is 0. The van der Waals surface area contributed by atoms with Crippen molar-refractivity contribution >= 4 is 15.9 Å². The van der Waals surface area contributed by atoms with Crippen molar-refractivity contribution in [2.45, 2.75) is 12.3 Å². The average Bonchev–Trinajstić information content (AvgIpc) is 1.35. The molecule has 0 atom stereocenters. The zero-order valence-corrected chi connectivity index (χ0v) is 5.12. The third-order valence-corrected chi connectivity index (χ3v) is 1.24. The maximum absolute atomic E-state index is 9.95. The summed E-state index contributed by atoms with van der Waals surface area (Å²) in [7, 11) is 5.14. The van der Waals surface area contributed by atoms with Crippen LogP contribution < -0.4 is 0 Å². The van der Waals surface area contributed by atoms with Crippen molar-refractivity contribution in [1.82, 2.24) is 0 Å². The summed E-state index contributed by atoms with van der Waals surface area (Å²) in [5, 5.41) is 0.470. The molecule has 0 aliphatic rings. The molecule has 0 fully saturated rings. The zero-order chi connectivity index (χ0) is 4.99. The minimum atomic E-state index is 0.144. The van der Waals surface area contributed by atoms with Gasteiger partial charge in [-0.3, -0.25) is 0 Å². The van der Waals surface area contributed by atoms with E-state index in [0.29, 0.717) is 19.1 Å². The Kier molecular flexibility index (Phi) is 3.93. The van der Waals surface area contributed by atoms with E-state index in [2.05, 4.69) is 0 Å². The Hall–Kier alpha value is 0.466. The molecule has 0 spiro atoms. The van der Waals surface area contributed by atoms with E-state index in [0.717, 1.165) is 0 Å². The van der Waals surface area contributed by atoms with Crippen LogP contribution in [0.5, 0.6) is 0 Å². The Bertz CT molecular complexity index is 54.8. The van der Waals surface area contributed by atoms with Crippen LogP contribution in [0.1, 0.15) is 6.92 Å². The summed E-state index contributed by atoms with van der Waals surface area (Å²) in [4.78, 5) is 9.95. The van der Waals surface area contributed by atoms with Crippen LogP contribution in [0, 0.1) is 0 Å². The van der Waals surface area contributed by atoms with E-state index in [-0.39, 0.29) is 5.78 Å². The van der Waals surface area contributed by atoms with Crippen LogP contribution in [0.15, 0.2) is 0 Å². The first kappa shape index (κ1) is 6.47. The van der Waals surface area contributed by atoms with Crippen molar-refractivity contribution in [3.8, 4) is 0 Å². The molecule has 0 aliphatic carbocycles. The van der Waals surface area contributed by atoms with Gasteiger partial charge >= 0.3 is 46.8 Å². The number of halogens is 1. The Labute approximate surface area is 47.3 Å². The molecule has 0 unspecified atom stereocenters. The molecule has 0 rings (SSSR count). The van der Waals surface area contributed by atoms with Crippen LogP contribution in [0.3, 0.4) is 0 Å². The first-order valence-electron chi connectivity index (χ1n) is 1.42. The van der Waals surface area contributed by atoms with E-state index in [4.69, 9.17) is 10.1 Å². The van der Waals surface area contributed by atoms with E-state index in [1.54, 1.807) is 0 Å². The summed E-state index contributed by atoms with van der Waals surface area (Å²) in [6, 6.07) is 0. The fourth-order valence-electron chi connectivity index (χ4n) is 0.0627. The fraction of sp³-hybridized carbons (Fsp3) is 0.667. The van der Waals surface area contributed by atoms with Crippen molar-refractivity contribution in [1.29, 1.82) is 0 Å². The van der Waals surface area contributed by atoms with Crippen LogP contribution in [0.25, 0.3) is 0 Å². The first-order chi connectivity index (χ1) is 2.77. The Morgan fingerprint density at radius 2 is 2.50 bits per heavy atom. The molecular formula is C3H5ClCoO. The first-order valence-corrected chi connectivity index (χ1v) is 3.59. The molecule has 0 radical (unpaired) electrons. The van der Waals surface area contributed by atoms with Gasteiger partial charge in [0.05, 0.1) is 0 Å². The second kappa shape index (κ2) is 3.65. The van der Waals surface area contributed by atoms with Gasteiger partial charge in [-0.2, -0.15) is 0 Å². The van der Waals surface area contributed by atoms with E-state index in [1.165, 1.54) is 6.92 Å². The van der Waals surface area contributed by atoms with Crippen LogP contribution >= 0.6 is 10.1 Å². The zero-order valence-electron chi connectivity index (χ0n) is 3.33. The number of Topliss-reactive ketones (excluding diaryl/α,β-unsaturated/α-hetero) is 1. The Morgan fingerprint density at radius 3 is 2.50 bits per heavy atom. The van der Waals surface area contributed by atoms with Gasteiger partial charge in [0, 0.05) is 0 Å². The monoisotopic (exact) mass is 151 g/mol. The minimum absolute atomic E-state index is 0.144. The average molecular weight is 151 g/mol. The quantitative estimate of drug-likeness (QED) is 0.580. The number of hydrogen-bond donors (Lipinski definition) is 0. The van der Waals surface area contributed by atoms with Crippen molar-refractivity contribution in [2.24, 2.45) is 0 Å². The van der Waals surface area contributed by atoms with Gasteiger partial charge in [-0.15, -0.1) is 0 Å². The van der Waals surface area contributed by atoms with E-state index in [9.17, 15) is 4.79 Å². The van der Waals surface area contributed by atoms with Crippen molar-refractivity contribution in [2.75, 3.05) is 0 Å². The number of hydrogen-bond acceptors (Lipinski definition) is 1. The van der Waals surface area contributed by atoms with Crippen LogP contribution in [-0.4, -0.2) is 5.78 Å². The molecule has 0 saturated heterocycles.